The molecule has 0 bridgehead atoms. The van der Waals surface area contributed by atoms with Gasteiger partial charge in [0.05, 0.1) is 13.0 Å². The van der Waals surface area contributed by atoms with Crippen molar-refractivity contribution in [2.75, 3.05) is 13.3 Å². The van der Waals surface area contributed by atoms with Crippen molar-refractivity contribution < 1.29 is 9.53 Å². The summed E-state index contributed by atoms with van der Waals surface area (Å²) in [6.07, 6.45) is 0.429. The molecule has 0 spiro atoms. The Morgan fingerprint density at radius 3 is 2.57 bits per heavy atom. The molecule has 1 unspecified atom stereocenters. The van der Waals surface area contributed by atoms with Gasteiger partial charge in [-0.2, -0.15) is 0 Å². The molecule has 2 aromatic carbocycles. The molecule has 1 heterocycles. The smallest absolute Gasteiger partial charge is 0.228 e. The quantitative estimate of drug-likeness (QED) is 0.865. The summed E-state index contributed by atoms with van der Waals surface area (Å²) in [6, 6.07) is 18.2. The van der Waals surface area contributed by atoms with Gasteiger partial charge in [0.25, 0.3) is 0 Å². The van der Waals surface area contributed by atoms with Crippen LogP contribution in [0.5, 0.6) is 0 Å². The molecule has 3 rings (SSSR count). The molecule has 1 aliphatic rings. The summed E-state index contributed by atoms with van der Waals surface area (Å²) in [4.78, 5) is 14.1. The van der Waals surface area contributed by atoms with E-state index >= 15 is 0 Å². The molecule has 3 heteroatoms. The maximum atomic E-state index is 12.3. The Labute approximate surface area is 125 Å². The van der Waals surface area contributed by atoms with Gasteiger partial charge in [-0.05, 0) is 18.1 Å². The third-order valence-corrected chi connectivity index (χ3v) is 3.82. The van der Waals surface area contributed by atoms with Crippen molar-refractivity contribution in [1.29, 1.82) is 0 Å². The topological polar surface area (TPSA) is 29.5 Å². The molecule has 1 saturated heterocycles. The number of benzene rings is 2. The molecule has 1 atom stereocenters. The van der Waals surface area contributed by atoms with Gasteiger partial charge in [0.15, 0.2) is 0 Å². The Kier molecular flexibility index (Phi) is 4.02. The number of hydrogen-bond donors (Lipinski definition) is 0. The van der Waals surface area contributed by atoms with Crippen LogP contribution in [0.4, 0.5) is 0 Å². The number of aryl methyl sites for hydroxylation is 1. The average molecular weight is 281 g/mol. The van der Waals surface area contributed by atoms with Crippen molar-refractivity contribution in [3.63, 3.8) is 0 Å². The highest BCUT2D eigenvalue weighted by Crippen LogP contribution is 2.24. The minimum atomic E-state index is -0.00633. The van der Waals surface area contributed by atoms with Gasteiger partial charge in [-0.25, -0.2) is 0 Å². The molecule has 1 fully saturated rings. The molecule has 108 valence electrons. The standard InChI is InChI=1S/C18H19NO2/c1-14-7-9-15(10-8-14)11-18(20)19-12-17(21-13-19)16-5-3-2-4-6-16/h2-10,17H,11-13H2,1H3. The molecule has 0 saturated carbocycles. The molecule has 2 aromatic rings. The summed E-state index contributed by atoms with van der Waals surface area (Å²) >= 11 is 0. The first-order valence-corrected chi connectivity index (χ1v) is 7.22. The van der Waals surface area contributed by atoms with Crippen molar-refractivity contribution in [2.24, 2.45) is 0 Å². The summed E-state index contributed by atoms with van der Waals surface area (Å²) in [5.74, 6) is 0.122. The highest BCUT2D eigenvalue weighted by molar-refractivity contribution is 5.79. The van der Waals surface area contributed by atoms with E-state index in [-0.39, 0.29) is 12.0 Å². The van der Waals surface area contributed by atoms with Gasteiger partial charge in [-0.15, -0.1) is 0 Å². The minimum absolute atomic E-state index is 0.00633. The van der Waals surface area contributed by atoms with E-state index in [1.54, 1.807) is 4.90 Å². The van der Waals surface area contributed by atoms with Gasteiger partial charge in [0.1, 0.15) is 12.8 Å². The van der Waals surface area contributed by atoms with E-state index in [9.17, 15) is 4.79 Å². The Morgan fingerprint density at radius 2 is 1.86 bits per heavy atom. The Morgan fingerprint density at radius 1 is 1.14 bits per heavy atom. The van der Waals surface area contributed by atoms with Gasteiger partial charge in [0.2, 0.25) is 5.91 Å². The third-order valence-electron chi connectivity index (χ3n) is 3.82. The van der Waals surface area contributed by atoms with Crippen LogP contribution in [-0.2, 0) is 16.0 Å². The zero-order valence-electron chi connectivity index (χ0n) is 12.2. The molecule has 3 nitrogen and oxygen atoms in total. The molecule has 1 amide bonds. The molecule has 0 radical (unpaired) electrons. The van der Waals surface area contributed by atoms with Crippen LogP contribution in [0, 0.1) is 6.92 Å². The maximum Gasteiger partial charge on any atom is 0.228 e. The number of nitrogens with zero attached hydrogens (tertiary/aromatic N) is 1. The summed E-state index contributed by atoms with van der Waals surface area (Å²) in [5.41, 5.74) is 3.39. The molecular weight excluding hydrogens is 262 g/mol. The first-order valence-electron chi connectivity index (χ1n) is 7.22. The molecule has 0 N–H and O–H groups in total. The van der Waals surface area contributed by atoms with Crippen LogP contribution >= 0.6 is 0 Å². The zero-order chi connectivity index (χ0) is 14.7. The first-order chi connectivity index (χ1) is 10.2. The van der Waals surface area contributed by atoms with Crippen molar-refractivity contribution in [2.45, 2.75) is 19.4 Å². The fourth-order valence-electron chi connectivity index (χ4n) is 2.52. The summed E-state index contributed by atoms with van der Waals surface area (Å²) in [7, 11) is 0. The summed E-state index contributed by atoms with van der Waals surface area (Å²) in [6.45, 7) is 3.06. The van der Waals surface area contributed by atoms with Gasteiger partial charge >= 0.3 is 0 Å². The average Bonchev–Trinajstić information content (AvgIpc) is 3.00. The molecule has 0 aromatic heterocycles. The number of hydrogen-bond acceptors (Lipinski definition) is 2. The number of rotatable bonds is 3. The van der Waals surface area contributed by atoms with Gasteiger partial charge in [-0.3, -0.25) is 4.79 Å². The number of carbonyl (C=O) groups is 1. The number of carbonyl (C=O) groups excluding carboxylic acids is 1. The lowest BCUT2D eigenvalue weighted by Crippen LogP contribution is -2.29. The number of amides is 1. The van der Waals surface area contributed by atoms with E-state index in [4.69, 9.17) is 4.74 Å². The summed E-state index contributed by atoms with van der Waals surface area (Å²) in [5, 5.41) is 0. The minimum Gasteiger partial charge on any atom is -0.351 e. The van der Waals surface area contributed by atoms with Crippen molar-refractivity contribution in [3.05, 3.63) is 71.3 Å². The highest BCUT2D eigenvalue weighted by Gasteiger charge is 2.27. The van der Waals surface area contributed by atoms with E-state index in [0.29, 0.717) is 19.7 Å². The van der Waals surface area contributed by atoms with E-state index < -0.39 is 0 Å². The Hall–Kier alpha value is -2.13. The van der Waals surface area contributed by atoms with Crippen LogP contribution in [0.1, 0.15) is 22.8 Å². The van der Waals surface area contributed by atoms with Crippen LogP contribution in [0.15, 0.2) is 54.6 Å². The largest absolute Gasteiger partial charge is 0.351 e. The van der Waals surface area contributed by atoms with E-state index in [2.05, 4.69) is 0 Å². The van der Waals surface area contributed by atoms with Gasteiger partial charge in [0, 0.05) is 0 Å². The first kappa shape index (κ1) is 13.8. The second-order valence-corrected chi connectivity index (χ2v) is 5.47. The summed E-state index contributed by atoms with van der Waals surface area (Å²) < 4.78 is 5.73. The molecule has 0 aliphatic carbocycles. The van der Waals surface area contributed by atoms with Crippen molar-refractivity contribution in [3.8, 4) is 0 Å². The molecular formula is C18H19NO2. The van der Waals surface area contributed by atoms with Crippen LogP contribution in [0.3, 0.4) is 0 Å². The predicted molar refractivity (Wildman–Crippen MR) is 81.7 cm³/mol. The monoisotopic (exact) mass is 281 g/mol. The fraction of sp³-hybridized carbons (Fsp3) is 0.278. The zero-order valence-corrected chi connectivity index (χ0v) is 12.2. The van der Waals surface area contributed by atoms with Crippen LogP contribution < -0.4 is 0 Å². The fourth-order valence-corrected chi connectivity index (χ4v) is 2.52. The van der Waals surface area contributed by atoms with Crippen molar-refractivity contribution >= 4 is 5.91 Å². The van der Waals surface area contributed by atoms with Crippen molar-refractivity contribution in [1.82, 2.24) is 4.90 Å². The third kappa shape index (κ3) is 3.31. The highest BCUT2D eigenvalue weighted by atomic mass is 16.5. The second-order valence-electron chi connectivity index (χ2n) is 5.47. The maximum absolute atomic E-state index is 12.3. The van der Waals surface area contributed by atoms with Crippen LogP contribution in [-0.4, -0.2) is 24.1 Å². The van der Waals surface area contributed by atoms with Crippen LogP contribution in [0.2, 0.25) is 0 Å². The Bertz CT molecular complexity index is 607. The Balaban J connectivity index is 1.61. The lowest BCUT2D eigenvalue weighted by atomic mass is 10.1. The molecule has 21 heavy (non-hydrogen) atoms. The van der Waals surface area contributed by atoms with E-state index in [1.807, 2.05) is 61.5 Å². The lowest BCUT2D eigenvalue weighted by Gasteiger charge is -2.14. The van der Waals surface area contributed by atoms with Gasteiger partial charge < -0.3 is 9.64 Å². The molecule has 1 aliphatic heterocycles. The van der Waals surface area contributed by atoms with Crippen LogP contribution in [0.25, 0.3) is 0 Å². The second kappa shape index (κ2) is 6.10. The predicted octanol–water partition coefficient (Wildman–Crippen LogP) is 3.10. The van der Waals surface area contributed by atoms with E-state index in [0.717, 1.165) is 11.1 Å². The number of ether oxygens (including phenoxy) is 1. The normalized spacial score (nSPS) is 18.0. The SMILES string of the molecule is Cc1ccc(CC(=O)N2COC(c3ccccc3)C2)cc1. The van der Waals surface area contributed by atoms with E-state index in [1.165, 1.54) is 5.56 Å². The lowest BCUT2D eigenvalue weighted by molar-refractivity contribution is -0.130. The van der Waals surface area contributed by atoms with Gasteiger partial charge in [-0.1, -0.05) is 60.2 Å².